The molecule has 0 bridgehead atoms. The third kappa shape index (κ3) is 4.27. The topological polar surface area (TPSA) is 114 Å². The van der Waals surface area contributed by atoms with Crippen molar-refractivity contribution in [3.05, 3.63) is 52.4 Å². The molecule has 1 aromatic carbocycles. The summed E-state index contributed by atoms with van der Waals surface area (Å²) in [6.07, 6.45) is 1.97. The fourth-order valence-electron chi connectivity index (χ4n) is 5.03. The quantitative estimate of drug-likeness (QED) is 0.456. The predicted octanol–water partition coefficient (Wildman–Crippen LogP) is 3.67. The van der Waals surface area contributed by atoms with Crippen molar-refractivity contribution in [1.29, 1.82) is 0 Å². The lowest BCUT2D eigenvalue weighted by molar-refractivity contribution is -0.127. The van der Waals surface area contributed by atoms with Crippen molar-refractivity contribution in [2.24, 2.45) is 0 Å². The van der Waals surface area contributed by atoms with Gasteiger partial charge in [0.05, 0.1) is 23.7 Å². The number of methoxy groups -OCH3 is 1. The number of piperidine rings is 1. The molecule has 194 valence electrons. The van der Waals surface area contributed by atoms with Gasteiger partial charge >= 0.3 is 0 Å². The van der Waals surface area contributed by atoms with Crippen LogP contribution < -0.4 is 15.4 Å². The average molecular weight is 544 g/mol. The van der Waals surface area contributed by atoms with Gasteiger partial charge in [-0.25, -0.2) is 9.97 Å². The minimum absolute atomic E-state index is 0.0940. The molecule has 1 saturated heterocycles. The van der Waals surface area contributed by atoms with Crippen LogP contribution in [-0.2, 0) is 4.79 Å². The zero-order valence-corrected chi connectivity index (χ0v) is 22.3. The van der Waals surface area contributed by atoms with E-state index >= 15 is 0 Å². The van der Waals surface area contributed by atoms with Crippen LogP contribution in [0.1, 0.15) is 54.1 Å². The molecule has 12 heteroatoms. The van der Waals surface area contributed by atoms with Crippen LogP contribution in [-0.4, -0.2) is 68.4 Å². The summed E-state index contributed by atoms with van der Waals surface area (Å²) in [4.78, 5) is 42.1. The number of benzene rings is 1. The number of carbonyl (C=O) groups is 2. The van der Waals surface area contributed by atoms with Crippen LogP contribution in [0.25, 0.3) is 11.4 Å². The molecule has 2 aliphatic heterocycles. The van der Waals surface area contributed by atoms with Crippen LogP contribution in [0.4, 0.5) is 5.95 Å². The molecule has 3 aromatic rings. The Hall–Kier alpha value is -3.37. The Bertz CT molecular complexity index is 1360. The number of amides is 2. The van der Waals surface area contributed by atoms with E-state index in [0.29, 0.717) is 46.9 Å². The van der Waals surface area contributed by atoms with E-state index in [2.05, 4.69) is 20.6 Å². The van der Waals surface area contributed by atoms with E-state index < -0.39 is 12.1 Å². The molecule has 2 N–H and O–H groups in total. The van der Waals surface area contributed by atoms with Crippen molar-refractivity contribution >= 4 is 41.0 Å². The van der Waals surface area contributed by atoms with Gasteiger partial charge in [0.1, 0.15) is 17.9 Å². The van der Waals surface area contributed by atoms with Gasteiger partial charge in [0.2, 0.25) is 17.7 Å². The number of imidazole rings is 1. The molecule has 0 saturated carbocycles. The number of nitrogens with one attached hydrogen (secondary N) is 2. The minimum Gasteiger partial charge on any atom is -0.480 e. The normalized spacial score (nSPS) is 21.3. The second-order valence-corrected chi connectivity index (χ2v) is 10.3. The maximum absolute atomic E-state index is 14.0. The molecule has 0 spiro atoms. The number of nitrogens with zero attached hydrogens (tertiary/aromatic N) is 5. The Morgan fingerprint density at radius 3 is 2.57 bits per heavy atom. The van der Waals surface area contributed by atoms with Gasteiger partial charge in [-0.05, 0) is 38.0 Å². The van der Waals surface area contributed by atoms with Gasteiger partial charge < -0.3 is 24.8 Å². The molecule has 2 aliphatic rings. The smallest absolute Gasteiger partial charge is 0.275 e. The molecule has 0 aliphatic carbocycles. The molecular weight excluding hydrogens is 517 g/mol. The van der Waals surface area contributed by atoms with Crippen LogP contribution in [0, 0.1) is 0 Å². The number of hydrogen-bond acceptors (Lipinski definition) is 7. The van der Waals surface area contributed by atoms with Crippen LogP contribution >= 0.6 is 23.2 Å². The fourth-order valence-corrected chi connectivity index (χ4v) is 5.40. The number of carbonyl (C=O) groups excluding carboxylic acids is 2. The highest BCUT2D eigenvalue weighted by Crippen LogP contribution is 2.45. The second-order valence-electron chi connectivity index (χ2n) is 9.26. The maximum atomic E-state index is 14.0. The molecule has 2 amide bonds. The SMILES string of the molecule is CNc1ncc(-c2nc3c(n2C(C)C)C(c2ccc(Cl)cc2)N(C2CC(Cl)CNC2=O)C3=O)c(OC)n1. The van der Waals surface area contributed by atoms with Gasteiger partial charge in [0.15, 0.2) is 5.69 Å². The summed E-state index contributed by atoms with van der Waals surface area (Å²) in [6.45, 7) is 4.38. The van der Waals surface area contributed by atoms with Crippen molar-refractivity contribution in [1.82, 2.24) is 29.7 Å². The summed E-state index contributed by atoms with van der Waals surface area (Å²) >= 11 is 12.6. The highest BCUT2D eigenvalue weighted by Gasteiger charge is 2.49. The van der Waals surface area contributed by atoms with Gasteiger partial charge in [-0.15, -0.1) is 11.6 Å². The number of hydrogen-bond donors (Lipinski definition) is 2. The van der Waals surface area contributed by atoms with Crippen LogP contribution in [0.5, 0.6) is 5.88 Å². The van der Waals surface area contributed by atoms with Crippen molar-refractivity contribution in [2.75, 3.05) is 26.0 Å². The lowest BCUT2D eigenvalue weighted by Crippen LogP contribution is -2.55. The van der Waals surface area contributed by atoms with E-state index in [0.717, 1.165) is 5.56 Å². The summed E-state index contributed by atoms with van der Waals surface area (Å²) < 4.78 is 7.54. The molecular formula is C25H27Cl2N7O3. The molecule has 37 heavy (non-hydrogen) atoms. The van der Waals surface area contributed by atoms with Gasteiger partial charge in [0.25, 0.3) is 5.91 Å². The Balaban J connectivity index is 1.73. The molecule has 3 atom stereocenters. The number of aromatic nitrogens is 4. The average Bonchev–Trinajstić information content (AvgIpc) is 3.40. The predicted molar refractivity (Wildman–Crippen MR) is 140 cm³/mol. The van der Waals surface area contributed by atoms with Crippen LogP contribution in [0.15, 0.2) is 30.5 Å². The summed E-state index contributed by atoms with van der Waals surface area (Å²) in [5, 5.41) is 6.01. The van der Waals surface area contributed by atoms with Crippen molar-refractivity contribution in [2.45, 2.75) is 43.8 Å². The number of rotatable bonds is 6. The van der Waals surface area contributed by atoms with Crippen LogP contribution in [0.3, 0.4) is 0 Å². The maximum Gasteiger partial charge on any atom is 0.275 e. The largest absolute Gasteiger partial charge is 0.480 e. The first-order valence-electron chi connectivity index (χ1n) is 12.0. The molecule has 0 radical (unpaired) electrons. The van der Waals surface area contributed by atoms with E-state index in [1.807, 2.05) is 30.5 Å². The molecule has 5 rings (SSSR count). The first-order valence-corrected chi connectivity index (χ1v) is 12.8. The third-order valence-corrected chi connectivity index (χ3v) is 7.24. The number of anilines is 1. The number of halogens is 2. The monoisotopic (exact) mass is 543 g/mol. The summed E-state index contributed by atoms with van der Waals surface area (Å²) in [6, 6.07) is 5.86. The minimum atomic E-state index is -0.740. The zero-order valence-electron chi connectivity index (χ0n) is 20.8. The first-order chi connectivity index (χ1) is 17.7. The van der Waals surface area contributed by atoms with Crippen molar-refractivity contribution in [3.63, 3.8) is 0 Å². The highest BCUT2D eigenvalue weighted by atomic mass is 35.5. The Morgan fingerprint density at radius 2 is 1.92 bits per heavy atom. The number of ether oxygens (including phenoxy) is 1. The lowest BCUT2D eigenvalue weighted by atomic mass is 9.98. The Morgan fingerprint density at radius 1 is 1.19 bits per heavy atom. The summed E-state index contributed by atoms with van der Waals surface area (Å²) in [5.41, 5.74) is 2.31. The van der Waals surface area contributed by atoms with Crippen molar-refractivity contribution < 1.29 is 14.3 Å². The Labute approximate surface area is 224 Å². The third-order valence-electron chi connectivity index (χ3n) is 6.65. The summed E-state index contributed by atoms with van der Waals surface area (Å²) in [7, 11) is 3.24. The molecule has 2 aromatic heterocycles. The lowest BCUT2D eigenvalue weighted by Gasteiger charge is -2.37. The van der Waals surface area contributed by atoms with E-state index in [1.54, 1.807) is 30.3 Å². The molecule has 1 fully saturated rings. The zero-order chi connectivity index (χ0) is 26.4. The van der Waals surface area contributed by atoms with E-state index in [-0.39, 0.29) is 28.9 Å². The summed E-state index contributed by atoms with van der Waals surface area (Å²) in [5.74, 6) is 0.663. The second kappa shape index (κ2) is 9.83. The fraction of sp³-hybridized carbons (Fsp3) is 0.400. The van der Waals surface area contributed by atoms with Gasteiger partial charge in [0, 0.05) is 30.9 Å². The van der Waals surface area contributed by atoms with E-state index in [1.165, 1.54) is 7.11 Å². The number of alkyl halides is 1. The Kier molecular flexibility index (Phi) is 6.72. The van der Waals surface area contributed by atoms with E-state index in [4.69, 9.17) is 32.9 Å². The molecule has 4 heterocycles. The van der Waals surface area contributed by atoms with E-state index in [9.17, 15) is 9.59 Å². The highest BCUT2D eigenvalue weighted by molar-refractivity contribution is 6.30. The van der Waals surface area contributed by atoms with Gasteiger partial charge in [-0.3, -0.25) is 9.59 Å². The molecule has 3 unspecified atom stereocenters. The molecule has 10 nitrogen and oxygen atoms in total. The first kappa shape index (κ1) is 25.3. The standard InChI is InChI=1S/C25H27Cl2N7O3/c1-12(2)33-20-18(31-21(33)16-11-30-25(28-3)32-23(16)37-4)24(36)34(17-9-15(27)10-29-22(17)35)19(20)13-5-7-14(26)8-6-13/h5-8,11-12,15,17,19H,9-10H2,1-4H3,(H,29,35)(H,28,30,32). The van der Waals surface area contributed by atoms with Gasteiger partial charge in [-0.1, -0.05) is 23.7 Å². The van der Waals surface area contributed by atoms with Gasteiger partial charge in [-0.2, -0.15) is 4.98 Å². The number of fused-ring (bicyclic) bond motifs is 1. The van der Waals surface area contributed by atoms with Crippen LogP contribution in [0.2, 0.25) is 5.02 Å². The van der Waals surface area contributed by atoms with Crippen molar-refractivity contribution in [3.8, 4) is 17.3 Å².